The van der Waals surface area contributed by atoms with Crippen LogP contribution in [0.2, 0.25) is 0 Å². The molecule has 2 rings (SSSR count). The smallest absolute Gasteiger partial charge is 0.387 e. The van der Waals surface area contributed by atoms with Crippen molar-refractivity contribution in [2.75, 3.05) is 11.9 Å². The molecule has 0 bridgehead atoms. The van der Waals surface area contributed by atoms with Gasteiger partial charge in [-0.15, -0.1) is 11.3 Å². The normalized spacial score (nSPS) is 10.2. The van der Waals surface area contributed by atoms with Gasteiger partial charge in [0.1, 0.15) is 11.1 Å². The van der Waals surface area contributed by atoms with Crippen molar-refractivity contribution in [3.8, 4) is 17.6 Å². The number of rotatable bonds is 6. The minimum atomic E-state index is -2.99. The van der Waals surface area contributed by atoms with E-state index >= 15 is 0 Å². The summed E-state index contributed by atoms with van der Waals surface area (Å²) in [7, 11) is 0. The molecular formula is C15H12F2N2O3S. The van der Waals surface area contributed by atoms with Gasteiger partial charge in [0, 0.05) is 5.56 Å². The number of alkyl halides is 2. The summed E-state index contributed by atoms with van der Waals surface area (Å²) in [6.07, 6.45) is 0. The number of nitrogens with one attached hydrogen (secondary N) is 1. The second-order valence-corrected chi connectivity index (χ2v) is 5.12. The molecule has 0 aliphatic heterocycles. The highest BCUT2D eigenvalue weighted by atomic mass is 32.1. The van der Waals surface area contributed by atoms with Gasteiger partial charge in [-0.3, -0.25) is 4.79 Å². The lowest BCUT2D eigenvalue weighted by molar-refractivity contribution is -0.0514. The molecule has 5 nitrogen and oxygen atoms in total. The van der Waals surface area contributed by atoms with Gasteiger partial charge in [0.2, 0.25) is 0 Å². The third-order valence-corrected chi connectivity index (χ3v) is 3.56. The van der Waals surface area contributed by atoms with Gasteiger partial charge < -0.3 is 14.8 Å². The lowest BCUT2D eigenvalue weighted by atomic mass is 10.2. The molecule has 0 saturated heterocycles. The van der Waals surface area contributed by atoms with E-state index in [1.54, 1.807) is 18.4 Å². The number of amides is 1. The average Bonchev–Trinajstić information content (AvgIpc) is 2.95. The third-order valence-electron chi connectivity index (χ3n) is 2.73. The summed E-state index contributed by atoms with van der Waals surface area (Å²) >= 11 is 1.21. The number of halogens is 2. The third kappa shape index (κ3) is 4.17. The van der Waals surface area contributed by atoms with Crippen LogP contribution in [0.15, 0.2) is 29.6 Å². The monoisotopic (exact) mass is 338 g/mol. The predicted octanol–water partition coefficient (Wildman–Crippen LogP) is 3.87. The summed E-state index contributed by atoms with van der Waals surface area (Å²) in [5.41, 5.74) is 0.554. The fourth-order valence-corrected chi connectivity index (χ4v) is 2.51. The number of carbonyl (C=O) groups is 1. The van der Waals surface area contributed by atoms with Crippen LogP contribution in [0.1, 0.15) is 22.8 Å². The van der Waals surface area contributed by atoms with E-state index in [9.17, 15) is 13.6 Å². The highest BCUT2D eigenvalue weighted by Crippen LogP contribution is 2.30. The number of hydrogen-bond acceptors (Lipinski definition) is 5. The number of hydrogen-bond donors (Lipinski definition) is 1. The zero-order valence-corrected chi connectivity index (χ0v) is 12.8. The van der Waals surface area contributed by atoms with E-state index in [2.05, 4.69) is 10.1 Å². The van der Waals surface area contributed by atoms with Crippen LogP contribution in [0.25, 0.3) is 0 Å². The van der Waals surface area contributed by atoms with Gasteiger partial charge >= 0.3 is 6.61 Å². The molecule has 23 heavy (non-hydrogen) atoms. The van der Waals surface area contributed by atoms with E-state index in [-0.39, 0.29) is 23.7 Å². The van der Waals surface area contributed by atoms with Gasteiger partial charge in [0.25, 0.3) is 5.91 Å². The van der Waals surface area contributed by atoms with Crippen LogP contribution in [0.4, 0.5) is 13.8 Å². The van der Waals surface area contributed by atoms with Crippen molar-refractivity contribution in [1.29, 1.82) is 5.26 Å². The predicted molar refractivity (Wildman–Crippen MR) is 81.2 cm³/mol. The first-order valence-corrected chi connectivity index (χ1v) is 7.43. The molecule has 0 spiro atoms. The summed E-state index contributed by atoms with van der Waals surface area (Å²) < 4.78 is 34.3. The second kappa shape index (κ2) is 7.56. The topological polar surface area (TPSA) is 71.3 Å². The highest BCUT2D eigenvalue weighted by Gasteiger charge is 2.16. The first-order chi connectivity index (χ1) is 11.0. The average molecular weight is 338 g/mol. The molecule has 0 atom stereocenters. The fraction of sp³-hybridized carbons (Fsp3) is 0.200. The number of anilines is 1. The summed E-state index contributed by atoms with van der Waals surface area (Å²) in [5.74, 6) is -0.576. The van der Waals surface area contributed by atoms with Crippen LogP contribution in [0, 0.1) is 11.3 Å². The molecule has 0 radical (unpaired) electrons. The molecule has 1 N–H and O–H groups in total. The Bertz CT molecular complexity index is 741. The fourth-order valence-electron chi connectivity index (χ4n) is 1.78. The van der Waals surface area contributed by atoms with E-state index in [4.69, 9.17) is 10.00 Å². The van der Waals surface area contributed by atoms with Crippen molar-refractivity contribution in [2.45, 2.75) is 13.5 Å². The van der Waals surface area contributed by atoms with Gasteiger partial charge in [0.15, 0.2) is 11.5 Å². The van der Waals surface area contributed by atoms with E-state index in [1.807, 2.05) is 6.07 Å². The van der Waals surface area contributed by atoms with Crippen LogP contribution in [0.5, 0.6) is 11.5 Å². The first kappa shape index (κ1) is 16.7. The second-order valence-electron chi connectivity index (χ2n) is 4.20. The minimum Gasteiger partial charge on any atom is -0.490 e. The lowest BCUT2D eigenvalue weighted by Crippen LogP contribution is -2.12. The summed E-state index contributed by atoms with van der Waals surface area (Å²) in [4.78, 5) is 12.2. The van der Waals surface area contributed by atoms with Crippen LogP contribution >= 0.6 is 11.3 Å². The van der Waals surface area contributed by atoms with Crippen molar-refractivity contribution in [2.24, 2.45) is 0 Å². The van der Waals surface area contributed by atoms with E-state index in [0.717, 1.165) is 0 Å². The number of nitriles is 1. The Kier molecular flexibility index (Phi) is 5.49. The van der Waals surface area contributed by atoms with Crippen molar-refractivity contribution < 1.29 is 23.0 Å². The molecule has 0 unspecified atom stereocenters. The van der Waals surface area contributed by atoms with Crippen LogP contribution in [-0.4, -0.2) is 19.1 Å². The Hall–Kier alpha value is -2.66. The summed E-state index contributed by atoms with van der Waals surface area (Å²) in [6.45, 7) is -1.07. The van der Waals surface area contributed by atoms with Crippen LogP contribution in [0.3, 0.4) is 0 Å². The van der Waals surface area contributed by atoms with Crippen molar-refractivity contribution in [3.05, 3.63) is 40.8 Å². The van der Waals surface area contributed by atoms with E-state index in [1.165, 1.54) is 29.5 Å². The molecular weight excluding hydrogens is 326 g/mol. The van der Waals surface area contributed by atoms with Gasteiger partial charge in [-0.05, 0) is 36.6 Å². The van der Waals surface area contributed by atoms with Gasteiger partial charge in [-0.1, -0.05) is 0 Å². The molecule has 120 valence electrons. The zero-order valence-electron chi connectivity index (χ0n) is 12.0. The SMILES string of the molecule is CCOc1cc(C(=O)Nc2sccc2C#N)ccc1OC(F)F. The Morgan fingerprint density at radius 3 is 2.83 bits per heavy atom. The molecule has 0 aliphatic rings. The highest BCUT2D eigenvalue weighted by molar-refractivity contribution is 7.14. The van der Waals surface area contributed by atoms with Gasteiger partial charge in [0.05, 0.1) is 12.2 Å². The molecule has 0 saturated carbocycles. The van der Waals surface area contributed by atoms with Crippen LogP contribution in [-0.2, 0) is 0 Å². The Balaban J connectivity index is 2.23. The van der Waals surface area contributed by atoms with E-state index in [0.29, 0.717) is 10.6 Å². The Labute approximate surface area is 135 Å². The number of ether oxygens (including phenoxy) is 2. The molecule has 1 aromatic heterocycles. The molecule has 1 amide bonds. The maximum Gasteiger partial charge on any atom is 0.387 e. The largest absolute Gasteiger partial charge is 0.490 e. The molecule has 1 aromatic carbocycles. The van der Waals surface area contributed by atoms with Crippen molar-refractivity contribution in [3.63, 3.8) is 0 Å². The molecule has 0 aliphatic carbocycles. The quantitative estimate of drug-likeness (QED) is 0.868. The molecule has 0 fully saturated rings. The maximum atomic E-state index is 12.3. The lowest BCUT2D eigenvalue weighted by Gasteiger charge is -2.12. The molecule has 1 heterocycles. The van der Waals surface area contributed by atoms with Crippen LogP contribution < -0.4 is 14.8 Å². The zero-order chi connectivity index (χ0) is 16.8. The Morgan fingerprint density at radius 2 is 2.17 bits per heavy atom. The summed E-state index contributed by atoms with van der Waals surface area (Å²) in [5, 5.41) is 13.6. The number of thiophene rings is 1. The maximum absolute atomic E-state index is 12.3. The number of nitrogens with zero attached hydrogens (tertiary/aromatic N) is 1. The Morgan fingerprint density at radius 1 is 1.39 bits per heavy atom. The standard InChI is InChI=1S/C15H12F2N2O3S/c1-2-21-12-7-9(3-4-11(12)22-15(16)17)13(20)19-14-10(8-18)5-6-23-14/h3-7,15H,2H2,1H3,(H,19,20). The number of carbonyl (C=O) groups excluding carboxylic acids is 1. The van der Waals surface area contributed by atoms with E-state index < -0.39 is 12.5 Å². The molecule has 2 aromatic rings. The van der Waals surface area contributed by atoms with Gasteiger partial charge in [-0.25, -0.2) is 0 Å². The van der Waals surface area contributed by atoms with Gasteiger partial charge in [-0.2, -0.15) is 14.0 Å². The van der Waals surface area contributed by atoms with Crippen molar-refractivity contribution in [1.82, 2.24) is 0 Å². The summed E-state index contributed by atoms with van der Waals surface area (Å²) in [6, 6.07) is 7.45. The minimum absolute atomic E-state index is 0.0483. The first-order valence-electron chi connectivity index (χ1n) is 6.55. The van der Waals surface area contributed by atoms with Crippen molar-refractivity contribution >= 4 is 22.2 Å². The molecule has 8 heteroatoms. The number of benzene rings is 1.